The average molecular weight is 549 g/mol. The predicted octanol–water partition coefficient (Wildman–Crippen LogP) is 4.93. The van der Waals surface area contributed by atoms with Gasteiger partial charge in [0, 0.05) is 53.1 Å². The fourth-order valence-electron chi connectivity index (χ4n) is 5.66. The van der Waals surface area contributed by atoms with Crippen LogP contribution in [0.15, 0.2) is 61.6 Å². The Balaban J connectivity index is 1.48. The normalized spacial score (nSPS) is 19.2. The van der Waals surface area contributed by atoms with Gasteiger partial charge in [-0.25, -0.2) is 15.0 Å². The zero-order chi connectivity index (χ0) is 28.6. The van der Waals surface area contributed by atoms with Gasteiger partial charge in [0.15, 0.2) is 5.82 Å². The number of aromatic amines is 1. The molecule has 1 saturated carbocycles. The predicted molar refractivity (Wildman–Crippen MR) is 164 cm³/mol. The third-order valence-electron chi connectivity index (χ3n) is 8.18. The molecule has 1 unspecified atom stereocenters. The molecule has 41 heavy (non-hydrogen) atoms. The van der Waals surface area contributed by atoms with E-state index in [9.17, 15) is 4.79 Å². The van der Waals surface area contributed by atoms with Crippen molar-refractivity contribution in [1.29, 1.82) is 0 Å². The van der Waals surface area contributed by atoms with Crippen molar-refractivity contribution in [1.82, 2.24) is 30.2 Å². The molecule has 1 aliphatic carbocycles. The van der Waals surface area contributed by atoms with E-state index in [-0.39, 0.29) is 11.5 Å². The number of nitrogens with zero attached hydrogens (tertiary/aromatic N) is 4. The number of rotatable bonds is 9. The van der Waals surface area contributed by atoms with Gasteiger partial charge in [-0.05, 0) is 66.8 Å². The van der Waals surface area contributed by atoms with E-state index in [1.165, 1.54) is 24.5 Å². The van der Waals surface area contributed by atoms with Crippen molar-refractivity contribution in [2.24, 2.45) is 17.1 Å². The fourth-order valence-corrected chi connectivity index (χ4v) is 5.66. The molecule has 1 atom stereocenters. The van der Waals surface area contributed by atoms with Crippen LogP contribution in [-0.4, -0.2) is 50.0 Å². The van der Waals surface area contributed by atoms with Gasteiger partial charge in [-0.2, -0.15) is 0 Å². The van der Waals surface area contributed by atoms with E-state index in [1.807, 2.05) is 24.5 Å². The molecule has 0 bridgehead atoms. The maximum absolute atomic E-state index is 11.1. The SMILES string of the molecule is C=C/C(=C\C=C\C(N)=O)c1cc2c(-c3nc(NC4CCNCC4(C)C)c4c(CC5CC5)cncc4n3)ccnc2[nH]1. The lowest BCUT2D eigenvalue weighted by molar-refractivity contribution is -0.113. The summed E-state index contributed by atoms with van der Waals surface area (Å²) in [6.45, 7) is 10.4. The van der Waals surface area contributed by atoms with Crippen LogP contribution in [0.3, 0.4) is 0 Å². The average Bonchev–Trinajstić information content (AvgIpc) is 3.66. The maximum atomic E-state index is 11.1. The highest BCUT2D eigenvalue weighted by atomic mass is 16.1. The number of hydrogen-bond acceptors (Lipinski definition) is 7. The van der Waals surface area contributed by atoms with Gasteiger partial charge in [-0.3, -0.25) is 9.78 Å². The highest BCUT2D eigenvalue weighted by Gasteiger charge is 2.33. The lowest BCUT2D eigenvalue weighted by atomic mass is 9.80. The van der Waals surface area contributed by atoms with Gasteiger partial charge in [0.2, 0.25) is 5.91 Å². The molecule has 2 aliphatic rings. The summed E-state index contributed by atoms with van der Waals surface area (Å²) in [7, 11) is 0. The largest absolute Gasteiger partial charge is 0.366 e. The Hall–Kier alpha value is -4.37. The number of anilines is 1. The molecule has 6 rings (SSSR count). The van der Waals surface area contributed by atoms with Gasteiger partial charge >= 0.3 is 0 Å². The second kappa shape index (κ2) is 10.9. The van der Waals surface area contributed by atoms with Crippen molar-refractivity contribution < 1.29 is 4.79 Å². The molecule has 1 amide bonds. The Morgan fingerprint density at radius 2 is 2.10 bits per heavy atom. The molecule has 5 N–H and O–H groups in total. The molecule has 1 saturated heterocycles. The molecule has 210 valence electrons. The number of primary amides is 1. The number of amides is 1. The number of nitrogens with one attached hydrogen (secondary N) is 3. The molecular weight excluding hydrogens is 512 g/mol. The Kier molecular flexibility index (Phi) is 7.13. The van der Waals surface area contributed by atoms with Crippen molar-refractivity contribution in [3.8, 4) is 11.4 Å². The van der Waals surface area contributed by atoms with Crippen LogP contribution in [0.25, 0.3) is 38.9 Å². The van der Waals surface area contributed by atoms with Crippen molar-refractivity contribution in [2.45, 2.75) is 45.6 Å². The number of aromatic nitrogens is 5. The minimum Gasteiger partial charge on any atom is -0.366 e. The number of H-pyrrole nitrogens is 1. The Morgan fingerprint density at radius 3 is 2.85 bits per heavy atom. The smallest absolute Gasteiger partial charge is 0.241 e. The molecule has 9 nitrogen and oxygen atoms in total. The van der Waals surface area contributed by atoms with E-state index >= 15 is 0 Å². The van der Waals surface area contributed by atoms with Crippen molar-refractivity contribution in [2.75, 3.05) is 18.4 Å². The Morgan fingerprint density at radius 1 is 1.24 bits per heavy atom. The number of piperidine rings is 1. The summed E-state index contributed by atoms with van der Waals surface area (Å²) in [5.41, 5.74) is 10.5. The van der Waals surface area contributed by atoms with E-state index in [4.69, 9.17) is 15.7 Å². The van der Waals surface area contributed by atoms with Crippen molar-refractivity contribution in [3.05, 3.63) is 72.9 Å². The number of fused-ring (bicyclic) bond motifs is 2. The summed E-state index contributed by atoms with van der Waals surface area (Å²) < 4.78 is 0. The summed E-state index contributed by atoms with van der Waals surface area (Å²) in [5, 5.41) is 9.36. The first-order chi connectivity index (χ1) is 19.8. The molecule has 0 radical (unpaired) electrons. The van der Waals surface area contributed by atoms with Crippen LogP contribution >= 0.6 is 0 Å². The third-order valence-corrected chi connectivity index (χ3v) is 8.18. The standard InChI is InChI=1S/C32H36N8O/c1-4-20(6-5-7-27(33)41)24-15-23-22(10-13-36-29(23)37-24)30-38-25-17-35-16-21(14-19-8-9-19)28(25)31(40-30)39-26-11-12-34-18-32(26,2)3/h4-7,10,13,15-17,19,26,34H,1,8-9,11-12,14,18H2,2-3H3,(H2,33,41)(H,36,37)(H,38,39,40)/b7-5+,20-6+. The van der Waals surface area contributed by atoms with Crippen LogP contribution in [0.1, 0.15) is 44.4 Å². The first-order valence-corrected chi connectivity index (χ1v) is 14.2. The van der Waals surface area contributed by atoms with E-state index < -0.39 is 5.91 Å². The number of hydrogen-bond donors (Lipinski definition) is 4. The van der Waals surface area contributed by atoms with Gasteiger partial charge < -0.3 is 21.4 Å². The number of nitrogens with two attached hydrogens (primary N) is 1. The molecule has 4 aromatic heterocycles. The minimum absolute atomic E-state index is 0.0647. The second-order valence-corrected chi connectivity index (χ2v) is 11.8. The zero-order valence-electron chi connectivity index (χ0n) is 23.6. The van der Waals surface area contributed by atoms with Gasteiger partial charge in [0.1, 0.15) is 11.5 Å². The first kappa shape index (κ1) is 26.8. The fraction of sp³-hybridized carbons (Fsp3) is 0.344. The molecule has 5 heterocycles. The van der Waals surface area contributed by atoms with Crippen molar-refractivity contribution >= 4 is 39.2 Å². The van der Waals surface area contributed by atoms with E-state index in [0.717, 1.165) is 64.9 Å². The molecule has 1 aliphatic heterocycles. The molecule has 2 fully saturated rings. The van der Waals surface area contributed by atoms with Crippen LogP contribution < -0.4 is 16.4 Å². The number of carbonyl (C=O) groups excluding carboxylic acids is 1. The molecule has 9 heteroatoms. The Labute approximate surface area is 239 Å². The lowest BCUT2D eigenvalue weighted by Gasteiger charge is -2.40. The quantitative estimate of drug-likeness (QED) is 0.172. The van der Waals surface area contributed by atoms with E-state index in [1.54, 1.807) is 24.4 Å². The van der Waals surface area contributed by atoms with E-state index in [2.05, 4.69) is 46.0 Å². The van der Waals surface area contributed by atoms with Crippen LogP contribution in [0.5, 0.6) is 0 Å². The van der Waals surface area contributed by atoms with Crippen LogP contribution in [0.2, 0.25) is 0 Å². The molecule has 0 spiro atoms. The third kappa shape index (κ3) is 5.63. The molecular formula is C32H36N8O. The zero-order valence-corrected chi connectivity index (χ0v) is 23.6. The van der Waals surface area contributed by atoms with Gasteiger partial charge in [0.05, 0.1) is 11.7 Å². The summed E-state index contributed by atoms with van der Waals surface area (Å²) in [6, 6.07) is 4.23. The Bertz CT molecular complexity index is 1690. The number of allylic oxidation sites excluding steroid dienone is 4. The maximum Gasteiger partial charge on any atom is 0.241 e. The monoisotopic (exact) mass is 548 g/mol. The lowest BCUT2D eigenvalue weighted by Crippen LogP contribution is -2.49. The second-order valence-electron chi connectivity index (χ2n) is 11.8. The van der Waals surface area contributed by atoms with Crippen LogP contribution in [-0.2, 0) is 11.2 Å². The van der Waals surface area contributed by atoms with Gasteiger partial charge in [0.25, 0.3) is 0 Å². The number of pyridine rings is 2. The summed E-state index contributed by atoms with van der Waals surface area (Å²) >= 11 is 0. The first-order valence-electron chi connectivity index (χ1n) is 14.2. The summed E-state index contributed by atoms with van der Waals surface area (Å²) in [6.07, 6.45) is 16.6. The highest BCUT2D eigenvalue weighted by molar-refractivity contribution is 5.98. The molecule has 0 aromatic carbocycles. The number of carbonyl (C=O) groups is 1. The topological polar surface area (TPSA) is 134 Å². The van der Waals surface area contributed by atoms with E-state index in [0.29, 0.717) is 17.4 Å². The van der Waals surface area contributed by atoms with Crippen molar-refractivity contribution in [3.63, 3.8) is 0 Å². The summed E-state index contributed by atoms with van der Waals surface area (Å²) in [5.74, 6) is 1.69. The van der Waals surface area contributed by atoms with Crippen LogP contribution in [0.4, 0.5) is 5.82 Å². The molecule has 4 aromatic rings. The van der Waals surface area contributed by atoms with Crippen LogP contribution in [0, 0.1) is 11.3 Å². The van der Waals surface area contributed by atoms with Gasteiger partial charge in [-0.1, -0.05) is 38.7 Å². The highest BCUT2D eigenvalue weighted by Crippen LogP contribution is 2.38. The van der Waals surface area contributed by atoms with Gasteiger partial charge in [-0.15, -0.1) is 0 Å². The minimum atomic E-state index is -0.509. The summed E-state index contributed by atoms with van der Waals surface area (Å²) in [4.78, 5) is 33.9.